The number of thioether (sulfide) groups is 1. The molecular weight excluding hydrogens is 226 g/mol. The average molecular weight is 247 g/mol. The number of ether oxygens (including phenoxy) is 1. The first kappa shape index (κ1) is 15.3. The zero-order valence-electron chi connectivity index (χ0n) is 10.8. The largest absolute Gasteiger partial charge is 0.444 e. The van der Waals surface area contributed by atoms with E-state index < -0.39 is 17.7 Å². The highest BCUT2D eigenvalue weighted by Crippen LogP contribution is 2.13. The van der Waals surface area contributed by atoms with Gasteiger partial charge in [-0.3, -0.25) is 4.79 Å². The standard InChI is InChI=1S/C11H21NO3S/c1-7(2)16-9(13)8(3)12-10(14)15-11(4,5)6/h7-8H,1-6H3,(H,12,14)/t8-/m1/s1. The number of rotatable bonds is 3. The molecule has 94 valence electrons. The summed E-state index contributed by atoms with van der Waals surface area (Å²) < 4.78 is 5.05. The lowest BCUT2D eigenvalue weighted by atomic mass is 10.2. The van der Waals surface area contributed by atoms with Crippen LogP contribution in [0.3, 0.4) is 0 Å². The molecule has 5 heteroatoms. The highest BCUT2D eigenvalue weighted by Gasteiger charge is 2.21. The summed E-state index contributed by atoms with van der Waals surface area (Å²) >= 11 is 1.21. The van der Waals surface area contributed by atoms with Crippen LogP contribution in [0.25, 0.3) is 0 Å². The fourth-order valence-electron chi connectivity index (χ4n) is 0.878. The Labute approximate surface area is 101 Å². The van der Waals surface area contributed by atoms with Gasteiger partial charge in [-0.2, -0.15) is 0 Å². The summed E-state index contributed by atoms with van der Waals surface area (Å²) in [7, 11) is 0. The van der Waals surface area contributed by atoms with Crippen LogP contribution >= 0.6 is 11.8 Å². The second kappa shape index (κ2) is 6.13. The first-order valence-corrected chi connectivity index (χ1v) is 6.20. The minimum Gasteiger partial charge on any atom is -0.444 e. The van der Waals surface area contributed by atoms with Gasteiger partial charge in [-0.05, 0) is 27.7 Å². The van der Waals surface area contributed by atoms with Gasteiger partial charge in [-0.15, -0.1) is 0 Å². The molecule has 0 aliphatic rings. The smallest absolute Gasteiger partial charge is 0.408 e. The van der Waals surface area contributed by atoms with Crippen molar-refractivity contribution in [3.05, 3.63) is 0 Å². The Morgan fingerprint density at radius 3 is 2.06 bits per heavy atom. The molecule has 0 aliphatic heterocycles. The molecule has 0 saturated heterocycles. The van der Waals surface area contributed by atoms with Gasteiger partial charge in [0, 0.05) is 5.25 Å². The van der Waals surface area contributed by atoms with Gasteiger partial charge in [0.15, 0.2) is 0 Å². The molecule has 1 amide bonds. The zero-order valence-corrected chi connectivity index (χ0v) is 11.6. The molecule has 0 aromatic heterocycles. The summed E-state index contributed by atoms with van der Waals surface area (Å²) in [5.41, 5.74) is -0.544. The molecule has 0 aromatic carbocycles. The van der Waals surface area contributed by atoms with Crippen molar-refractivity contribution in [1.29, 1.82) is 0 Å². The molecule has 0 spiro atoms. The molecule has 1 N–H and O–H groups in total. The third kappa shape index (κ3) is 7.56. The minimum atomic E-state index is -0.558. The third-order valence-electron chi connectivity index (χ3n) is 1.44. The van der Waals surface area contributed by atoms with E-state index in [0.29, 0.717) is 0 Å². The van der Waals surface area contributed by atoms with E-state index in [0.717, 1.165) is 0 Å². The summed E-state index contributed by atoms with van der Waals surface area (Å²) in [5.74, 6) is 0. The normalized spacial score (nSPS) is 13.4. The van der Waals surface area contributed by atoms with Gasteiger partial charge in [-0.25, -0.2) is 4.79 Å². The highest BCUT2D eigenvalue weighted by molar-refractivity contribution is 8.14. The second-order valence-electron chi connectivity index (χ2n) is 4.85. The molecule has 0 heterocycles. The van der Waals surface area contributed by atoms with Crippen molar-refractivity contribution < 1.29 is 14.3 Å². The Morgan fingerprint density at radius 1 is 1.19 bits per heavy atom. The van der Waals surface area contributed by atoms with Gasteiger partial charge in [0.1, 0.15) is 5.60 Å². The number of amides is 1. The van der Waals surface area contributed by atoms with Crippen LogP contribution in [0.5, 0.6) is 0 Å². The van der Waals surface area contributed by atoms with Crippen molar-refractivity contribution in [3.8, 4) is 0 Å². The summed E-state index contributed by atoms with van der Waals surface area (Å²) in [6.45, 7) is 10.9. The van der Waals surface area contributed by atoms with Crippen LogP contribution in [-0.4, -0.2) is 28.1 Å². The molecule has 0 aliphatic carbocycles. The average Bonchev–Trinajstić information content (AvgIpc) is 1.98. The Balaban J connectivity index is 4.09. The number of hydrogen-bond donors (Lipinski definition) is 1. The molecule has 0 unspecified atom stereocenters. The van der Waals surface area contributed by atoms with E-state index in [1.165, 1.54) is 11.8 Å². The van der Waals surface area contributed by atoms with Crippen LogP contribution in [0.15, 0.2) is 0 Å². The van der Waals surface area contributed by atoms with Crippen molar-refractivity contribution in [1.82, 2.24) is 5.32 Å². The van der Waals surface area contributed by atoms with E-state index in [2.05, 4.69) is 5.32 Å². The van der Waals surface area contributed by atoms with Crippen LogP contribution < -0.4 is 5.32 Å². The van der Waals surface area contributed by atoms with Gasteiger partial charge in [-0.1, -0.05) is 25.6 Å². The number of hydrogen-bond acceptors (Lipinski definition) is 4. The lowest BCUT2D eigenvalue weighted by Crippen LogP contribution is -2.41. The van der Waals surface area contributed by atoms with Crippen LogP contribution in [0.1, 0.15) is 41.5 Å². The first-order valence-electron chi connectivity index (χ1n) is 5.32. The van der Waals surface area contributed by atoms with Crippen molar-refractivity contribution in [2.45, 2.75) is 58.4 Å². The molecule has 0 aromatic rings. The van der Waals surface area contributed by atoms with Crippen molar-refractivity contribution in [2.75, 3.05) is 0 Å². The van der Waals surface area contributed by atoms with Gasteiger partial charge in [0.25, 0.3) is 0 Å². The molecule has 0 saturated carbocycles. The maximum Gasteiger partial charge on any atom is 0.408 e. The van der Waals surface area contributed by atoms with E-state index in [9.17, 15) is 9.59 Å². The highest BCUT2D eigenvalue weighted by atomic mass is 32.2. The molecule has 0 rings (SSSR count). The molecule has 0 bridgehead atoms. The summed E-state index contributed by atoms with van der Waals surface area (Å²) in [6.07, 6.45) is -0.558. The van der Waals surface area contributed by atoms with E-state index in [1.807, 2.05) is 13.8 Å². The summed E-state index contributed by atoms with van der Waals surface area (Å²) in [4.78, 5) is 22.9. The number of alkyl carbamates (subject to hydrolysis) is 1. The Bertz CT molecular complexity index is 258. The van der Waals surface area contributed by atoms with E-state index >= 15 is 0 Å². The fraction of sp³-hybridized carbons (Fsp3) is 0.818. The topological polar surface area (TPSA) is 55.4 Å². The second-order valence-corrected chi connectivity index (χ2v) is 6.43. The first-order chi connectivity index (χ1) is 7.11. The molecular formula is C11H21NO3S. The Morgan fingerprint density at radius 2 is 1.69 bits per heavy atom. The number of nitrogens with one attached hydrogen (secondary N) is 1. The summed E-state index contributed by atoms with van der Waals surface area (Å²) in [6, 6.07) is -0.526. The van der Waals surface area contributed by atoms with E-state index in [-0.39, 0.29) is 10.4 Å². The van der Waals surface area contributed by atoms with Crippen molar-refractivity contribution in [2.24, 2.45) is 0 Å². The van der Waals surface area contributed by atoms with E-state index in [1.54, 1.807) is 27.7 Å². The quantitative estimate of drug-likeness (QED) is 0.832. The maximum atomic E-state index is 11.5. The SMILES string of the molecule is CC(C)SC(=O)[C@@H](C)NC(=O)OC(C)(C)C. The van der Waals surface area contributed by atoms with Crippen LogP contribution in [0.4, 0.5) is 4.79 Å². The van der Waals surface area contributed by atoms with Gasteiger partial charge in [0.2, 0.25) is 5.12 Å². The molecule has 16 heavy (non-hydrogen) atoms. The monoisotopic (exact) mass is 247 g/mol. The predicted molar refractivity (Wildman–Crippen MR) is 66.6 cm³/mol. The van der Waals surface area contributed by atoms with E-state index in [4.69, 9.17) is 4.74 Å². The number of carbonyl (C=O) groups is 2. The van der Waals surface area contributed by atoms with Gasteiger partial charge in [0.05, 0.1) is 6.04 Å². The molecule has 4 nitrogen and oxygen atoms in total. The van der Waals surface area contributed by atoms with Gasteiger partial charge >= 0.3 is 6.09 Å². The third-order valence-corrected chi connectivity index (χ3v) is 2.50. The zero-order chi connectivity index (χ0) is 12.9. The van der Waals surface area contributed by atoms with Crippen molar-refractivity contribution in [3.63, 3.8) is 0 Å². The maximum absolute atomic E-state index is 11.5. The molecule has 1 atom stereocenters. The van der Waals surface area contributed by atoms with Crippen molar-refractivity contribution >= 4 is 23.0 Å². The summed E-state index contributed by atoms with van der Waals surface area (Å²) in [5, 5.41) is 2.67. The van der Waals surface area contributed by atoms with Crippen LogP contribution in [0.2, 0.25) is 0 Å². The lowest BCUT2D eigenvalue weighted by Gasteiger charge is -2.21. The van der Waals surface area contributed by atoms with Crippen LogP contribution in [0, 0.1) is 0 Å². The molecule has 0 fully saturated rings. The Kier molecular flexibility index (Phi) is 5.86. The predicted octanol–water partition coefficient (Wildman–Crippen LogP) is 2.57. The fourth-order valence-corrected chi connectivity index (χ4v) is 1.61. The number of carbonyl (C=O) groups excluding carboxylic acids is 2. The van der Waals surface area contributed by atoms with Gasteiger partial charge < -0.3 is 10.1 Å². The van der Waals surface area contributed by atoms with Crippen LogP contribution in [-0.2, 0) is 9.53 Å². The molecule has 0 radical (unpaired) electrons. The minimum absolute atomic E-state index is 0.0548. The lowest BCUT2D eigenvalue weighted by molar-refractivity contribution is -0.112. The Hall–Kier alpha value is -0.710.